The van der Waals surface area contributed by atoms with Crippen molar-refractivity contribution < 1.29 is 29.6 Å². The van der Waals surface area contributed by atoms with E-state index in [9.17, 15) is 19.8 Å². The molecule has 0 aromatic heterocycles. The van der Waals surface area contributed by atoms with Crippen molar-refractivity contribution in [3.05, 3.63) is 86.3 Å². The van der Waals surface area contributed by atoms with Crippen molar-refractivity contribution >= 4 is 43.7 Å². The van der Waals surface area contributed by atoms with Gasteiger partial charge in [0.1, 0.15) is 11.5 Å². The molecule has 1 unspecified atom stereocenters. The van der Waals surface area contributed by atoms with Crippen molar-refractivity contribution in [1.82, 2.24) is 5.32 Å². The summed E-state index contributed by atoms with van der Waals surface area (Å²) in [6, 6.07) is 15.8. The third-order valence-corrected chi connectivity index (χ3v) is 5.71. The minimum Gasteiger partial charge on any atom is -0.507 e. The van der Waals surface area contributed by atoms with E-state index < -0.39 is 17.9 Å². The number of phenolic OH excluding ortho intramolecular Hbond substituents is 1. The molecule has 0 saturated heterocycles. The number of amides is 1. The molecule has 3 rings (SSSR count). The number of hydrogen-bond donors (Lipinski definition) is 4. The molecule has 3 aromatic rings. The van der Waals surface area contributed by atoms with E-state index in [1.807, 2.05) is 6.07 Å². The number of aliphatic hydroxyl groups is 1. The van der Waals surface area contributed by atoms with Crippen LogP contribution in [-0.4, -0.2) is 33.8 Å². The van der Waals surface area contributed by atoms with Gasteiger partial charge in [-0.3, -0.25) is 9.59 Å². The predicted molar refractivity (Wildman–Crippen MR) is 125 cm³/mol. The number of aliphatic hydroxyl groups excluding tert-OH is 1. The summed E-state index contributed by atoms with van der Waals surface area (Å²) in [7, 11) is 0. The largest absolute Gasteiger partial charge is 0.507 e. The first-order chi connectivity index (χ1) is 15.3. The van der Waals surface area contributed by atoms with Crippen LogP contribution in [0.3, 0.4) is 0 Å². The molecule has 0 aliphatic rings. The lowest BCUT2D eigenvalue weighted by Crippen LogP contribution is -2.30. The Hall–Kier alpha value is -2.88. The van der Waals surface area contributed by atoms with Crippen LogP contribution in [0.5, 0.6) is 17.2 Å². The number of carbonyl (C=O) groups is 2. The molecule has 3 aromatic carbocycles. The summed E-state index contributed by atoms with van der Waals surface area (Å²) in [5.74, 6) is -1.11. The second-order valence-corrected chi connectivity index (χ2v) is 8.57. The van der Waals surface area contributed by atoms with Crippen molar-refractivity contribution in [3.63, 3.8) is 0 Å². The van der Waals surface area contributed by atoms with E-state index in [1.165, 1.54) is 18.2 Å². The molecule has 1 atom stereocenters. The van der Waals surface area contributed by atoms with Gasteiger partial charge in [0.05, 0.1) is 33.6 Å². The van der Waals surface area contributed by atoms with E-state index in [1.54, 1.807) is 36.4 Å². The predicted octanol–water partition coefficient (Wildman–Crippen LogP) is 4.80. The fourth-order valence-electron chi connectivity index (χ4n) is 3.02. The Balaban J connectivity index is 1.83. The fourth-order valence-corrected chi connectivity index (χ4v) is 4.46. The summed E-state index contributed by atoms with van der Waals surface area (Å²) in [5.41, 5.74) is 1.28. The molecule has 9 heteroatoms. The smallest absolute Gasteiger partial charge is 0.307 e. The van der Waals surface area contributed by atoms with E-state index in [-0.39, 0.29) is 30.1 Å². The summed E-state index contributed by atoms with van der Waals surface area (Å²) >= 11 is 6.74. The van der Waals surface area contributed by atoms with Crippen molar-refractivity contribution in [1.29, 1.82) is 0 Å². The van der Waals surface area contributed by atoms with Gasteiger partial charge < -0.3 is 25.4 Å². The minimum absolute atomic E-state index is 0.0216. The lowest BCUT2D eigenvalue weighted by molar-refractivity contribution is -0.136. The number of rotatable bonds is 8. The van der Waals surface area contributed by atoms with Crippen LogP contribution < -0.4 is 10.1 Å². The third kappa shape index (κ3) is 5.87. The Morgan fingerprint density at radius 3 is 2.25 bits per heavy atom. The highest BCUT2D eigenvalue weighted by molar-refractivity contribution is 9.11. The van der Waals surface area contributed by atoms with Gasteiger partial charge in [0, 0.05) is 0 Å². The number of phenols is 1. The molecule has 0 saturated carbocycles. The first kappa shape index (κ1) is 23.8. The highest BCUT2D eigenvalue weighted by Crippen LogP contribution is 2.39. The number of aromatic hydroxyl groups is 1. The molecule has 0 spiro atoms. The Kier molecular flexibility index (Phi) is 7.89. The molecule has 0 aliphatic carbocycles. The summed E-state index contributed by atoms with van der Waals surface area (Å²) in [6.07, 6.45) is -0.144. The summed E-state index contributed by atoms with van der Waals surface area (Å²) in [6.45, 7) is -0.310. The Labute approximate surface area is 200 Å². The number of carboxylic acid groups (broad SMARTS) is 1. The number of nitrogens with one attached hydrogen (secondary N) is 1. The minimum atomic E-state index is -0.955. The maximum Gasteiger partial charge on any atom is 0.307 e. The number of carbonyl (C=O) groups excluding carboxylic acids is 1. The van der Waals surface area contributed by atoms with Gasteiger partial charge >= 0.3 is 5.97 Å². The van der Waals surface area contributed by atoms with Gasteiger partial charge in [-0.25, -0.2) is 0 Å². The molecule has 0 aliphatic heterocycles. The van der Waals surface area contributed by atoms with Gasteiger partial charge in [-0.05, 0) is 73.3 Å². The van der Waals surface area contributed by atoms with Gasteiger partial charge in [-0.15, -0.1) is 0 Å². The van der Waals surface area contributed by atoms with Crippen LogP contribution >= 0.6 is 31.9 Å². The van der Waals surface area contributed by atoms with Crippen LogP contribution in [-0.2, 0) is 11.2 Å². The zero-order valence-electron chi connectivity index (χ0n) is 16.6. The van der Waals surface area contributed by atoms with E-state index in [4.69, 9.17) is 9.84 Å². The van der Waals surface area contributed by atoms with Gasteiger partial charge in [0.2, 0.25) is 0 Å². The molecule has 0 heterocycles. The standard InChI is InChI=1S/C23H19Br2NO6/c24-17-8-13(10-21(29)30)9-18(25)22(17)32-15-6-7-20(28)16(11-15)23(31)26-19(12-27)14-4-2-1-3-5-14/h1-9,11,19,27-28H,10,12H2,(H,26,31)(H,29,30). The molecular formula is C23H19Br2NO6. The zero-order valence-corrected chi connectivity index (χ0v) is 19.8. The molecule has 166 valence electrons. The van der Waals surface area contributed by atoms with Crippen LogP contribution in [0.2, 0.25) is 0 Å². The van der Waals surface area contributed by atoms with Crippen molar-refractivity contribution in [2.24, 2.45) is 0 Å². The van der Waals surface area contributed by atoms with E-state index in [0.29, 0.717) is 20.3 Å². The summed E-state index contributed by atoms with van der Waals surface area (Å²) in [5, 5.41) is 31.6. The first-order valence-corrected chi connectivity index (χ1v) is 11.0. The number of halogens is 2. The zero-order chi connectivity index (χ0) is 23.3. The van der Waals surface area contributed by atoms with Gasteiger partial charge in [-0.2, -0.15) is 0 Å². The molecule has 0 bridgehead atoms. The lowest BCUT2D eigenvalue weighted by atomic mass is 10.1. The van der Waals surface area contributed by atoms with Crippen LogP contribution in [0.15, 0.2) is 69.6 Å². The number of ether oxygens (including phenoxy) is 1. The first-order valence-electron chi connectivity index (χ1n) is 9.45. The van der Waals surface area contributed by atoms with E-state index in [0.717, 1.165) is 5.56 Å². The monoisotopic (exact) mass is 563 g/mol. The number of benzene rings is 3. The van der Waals surface area contributed by atoms with Crippen LogP contribution in [0, 0.1) is 0 Å². The number of hydrogen-bond acceptors (Lipinski definition) is 5. The SMILES string of the molecule is O=C(O)Cc1cc(Br)c(Oc2ccc(O)c(C(=O)NC(CO)c3ccccc3)c2)c(Br)c1. The average Bonchev–Trinajstić information content (AvgIpc) is 2.75. The average molecular weight is 565 g/mol. The van der Waals surface area contributed by atoms with Gasteiger partial charge in [0.15, 0.2) is 5.75 Å². The molecule has 32 heavy (non-hydrogen) atoms. The van der Waals surface area contributed by atoms with Crippen molar-refractivity contribution in [2.75, 3.05) is 6.61 Å². The second kappa shape index (κ2) is 10.6. The topological polar surface area (TPSA) is 116 Å². The fraction of sp³-hybridized carbons (Fsp3) is 0.130. The molecular weight excluding hydrogens is 546 g/mol. The highest BCUT2D eigenvalue weighted by Gasteiger charge is 2.19. The van der Waals surface area contributed by atoms with Gasteiger partial charge in [0.25, 0.3) is 5.91 Å². The molecule has 1 amide bonds. The van der Waals surface area contributed by atoms with Crippen LogP contribution in [0.1, 0.15) is 27.5 Å². The van der Waals surface area contributed by atoms with Crippen molar-refractivity contribution in [2.45, 2.75) is 12.5 Å². The van der Waals surface area contributed by atoms with Crippen molar-refractivity contribution in [3.8, 4) is 17.2 Å². The molecule has 7 nitrogen and oxygen atoms in total. The Bertz CT molecular complexity index is 1110. The number of aliphatic carboxylic acids is 1. The van der Waals surface area contributed by atoms with Crippen LogP contribution in [0.4, 0.5) is 0 Å². The van der Waals surface area contributed by atoms with E-state index >= 15 is 0 Å². The lowest BCUT2D eigenvalue weighted by Gasteiger charge is -2.18. The molecule has 4 N–H and O–H groups in total. The number of carboxylic acids is 1. The third-order valence-electron chi connectivity index (χ3n) is 4.54. The quantitative estimate of drug-likeness (QED) is 0.312. The Morgan fingerprint density at radius 1 is 1.00 bits per heavy atom. The highest BCUT2D eigenvalue weighted by atomic mass is 79.9. The summed E-state index contributed by atoms with van der Waals surface area (Å²) < 4.78 is 6.92. The van der Waals surface area contributed by atoms with E-state index in [2.05, 4.69) is 37.2 Å². The maximum atomic E-state index is 12.8. The maximum absolute atomic E-state index is 12.8. The van der Waals surface area contributed by atoms with Gasteiger partial charge in [-0.1, -0.05) is 30.3 Å². The summed E-state index contributed by atoms with van der Waals surface area (Å²) in [4.78, 5) is 23.7. The molecule has 0 radical (unpaired) electrons. The molecule has 0 fully saturated rings. The Morgan fingerprint density at radius 2 is 1.66 bits per heavy atom. The normalized spacial score (nSPS) is 11.6. The second-order valence-electron chi connectivity index (χ2n) is 6.86. The van der Waals surface area contributed by atoms with Crippen LogP contribution in [0.25, 0.3) is 0 Å².